The molecule has 0 radical (unpaired) electrons. The van der Waals surface area contributed by atoms with Crippen molar-refractivity contribution in [3.8, 4) is 5.82 Å². The number of halogens is 3. The zero-order valence-electron chi connectivity index (χ0n) is 14.7. The van der Waals surface area contributed by atoms with Gasteiger partial charge in [0.2, 0.25) is 0 Å². The summed E-state index contributed by atoms with van der Waals surface area (Å²) in [7, 11) is 0. The Labute approximate surface area is 157 Å². The third-order valence-corrected chi connectivity index (χ3v) is 5.51. The number of alkyl halides is 3. The number of aromatic amines is 1. The Kier molecular flexibility index (Phi) is 3.73. The van der Waals surface area contributed by atoms with Crippen molar-refractivity contribution in [2.75, 3.05) is 26.2 Å². The van der Waals surface area contributed by atoms with E-state index in [0.29, 0.717) is 23.0 Å². The molecule has 5 heterocycles. The van der Waals surface area contributed by atoms with Crippen LogP contribution in [0.25, 0.3) is 16.7 Å². The number of carbonyl (C=O) groups excluding carboxylic acids is 1. The van der Waals surface area contributed by atoms with Crippen LogP contribution >= 0.6 is 0 Å². The Balaban J connectivity index is 1.41. The number of H-pyrrole nitrogens is 1. The second kappa shape index (κ2) is 6.06. The van der Waals surface area contributed by atoms with E-state index < -0.39 is 11.9 Å². The van der Waals surface area contributed by atoms with Crippen molar-refractivity contribution < 1.29 is 18.0 Å². The second-order valence-electron chi connectivity index (χ2n) is 7.34. The summed E-state index contributed by atoms with van der Waals surface area (Å²) in [5, 5.41) is 7.59. The quantitative estimate of drug-likeness (QED) is 0.702. The lowest BCUT2D eigenvalue weighted by Gasteiger charge is -2.16. The minimum absolute atomic E-state index is 0.0643. The number of likely N-dealkylation sites (tertiary alicyclic amines) is 1. The highest BCUT2D eigenvalue weighted by Gasteiger charge is 2.38. The lowest BCUT2D eigenvalue weighted by Crippen LogP contribution is -2.32. The highest BCUT2D eigenvalue weighted by Crippen LogP contribution is 2.29. The lowest BCUT2D eigenvalue weighted by atomic mass is 10.0. The molecule has 2 aliphatic rings. The highest BCUT2D eigenvalue weighted by molar-refractivity contribution is 5.98. The van der Waals surface area contributed by atoms with E-state index in [4.69, 9.17) is 0 Å². The molecule has 146 valence electrons. The van der Waals surface area contributed by atoms with Gasteiger partial charge in [0.05, 0.1) is 5.52 Å². The number of hydrogen-bond donors (Lipinski definition) is 2. The molecular formula is C18H17F3N6O. The van der Waals surface area contributed by atoms with E-state index in [9.17, 15) is 18.0 Å². The summed E-state index contributed by atoms with van der Waals surface area (Å²) in [5.41, 5.74) is 0.0996. The Morgan fingerprint density at radius 1 is 1.18 bits per heavy atom. The monoisotopic (exact) mass is 390 g/mol. The number of pyridine rings is 1. The van der Waals surface area contributed by atoms with Crippen LogP contribution in [-0.2, 0) is 6.18 Å². The number of amides is 1. The van der Waals surface area contributed by atoms with Gasteiger partial charge in [0, 0.05) is 50.0 Å². The molecule has 0 bridgehead atoms. The van der Waals surface area contributed by atoms with Crippen LogP contribution in [-0.4, -0.2) is 56.7 Å². The van der Waals surface area contributed by atoms with Gasteiger partial charge in [0.1, 0.15) is 5.69 Å². The minimum atomic E-state index is -4.51. The Hall–Kier alpha value is -2.88. The molecule has 0 unspecified atom stereocenters. The molecular weight excluding hydrogens is 373 g/mol. The van der Waals surface area contributed by atoms with Crippen molar-refractivity contribution in [3.63, 3.8) is 0 Å². The van der Waals surface area contributed by atoms with E-state index in [1.165, 1.54) is 12.4 Å². The Bertz CT molecular complexity index is 1040. The van der Waals surface area contributed by atoms with Gasteiger partial charge in [-0.25, -0.2) is 9.67 Å². The van der Waals surface area contributed by atoms with Crippen LogP contribution < -0.4 is 5.32 Å². The zero-order chi connectivity index (χ0) is 19.5. The topological polar surface area (TPSA) is 78.8 Å². The van der Waals surface area contributed by atoms with Gasteiger partial charge in [-0.1, -0.05) is 0 Å². The predicted molar refractivity (Wildman–Crippen MR) is 94.0 cm³/mol. The van der Waals surface area contributed by atoms with Gasteiger partial charge >= 0.3 is 6.18 Å². The number of nitrogens with one attached hydrogen (secondary N) is 2. The van der Waals surface area contributed by atoms with Gasteiger partial charge in [-0.2, -0.15) is 18.3 Å². The van der Waals surface area contributed by atoms with Crippen LogP contribution in [0.3, 0.4) is 0 Å². The third-order valence-electron chi connectivity index (χ3n) is 5.51. The molecule has 2 aliphatic heterocycles. The second-order valence-corrected chi connectivity index (χ2v) is 7.34. The van der Waals surface area contributed by atoms with E-state index in [1.807, 2.05) is 4.90 Å². The predicted octanol–water partition coefficient (Wildman–Crippen LogP) is 2.06. The van der Waals surface area contributed by atoms with Gasteiger partial charge in [-0.3, -0.25) is 4.79 Å². The molecule has 2 fully saturated rings. The van der Waals surface area contributed by atoms with E-state index in [0.717, 1.165) is 42.3 Å². The van der Waals surface area contributed by atoms with Crippen molar-refractivity contribution >= 4 is 16.8 Å². The summed E-state index contributed by atoms with van der Waals surface area (Å²) in [6.07, 6.45) is -1.77. The Morgan fingerprint density at radius 2 is 1.93 bits per heavy atom. The maximum absolute atomic E-state index is 12.8. The van der Waals surface area contributed by atoms with Crippen LogP contribution in [0, 0.1) is 11.8 Å². The summed E-state index contributed by atoms with van der Waals surface area (Å²) < 4.78 is 39.3. The first-order valence-corrected chi connectivity index (χ1v) is 9.00. The fourth-order valence-electron chi connectivity index (χ4n) is 4.05. The first kappa shape index (κ1) is 17.2. The maximum atomic E-state index is 12.8. The standard InChI is InChI=1S/C18H17F3N6O/c19-18(20,21)15-1-2-27(25-15)16-4-13-10(7-23-16)3-14(24-13)17(28)26-8-11-5-22-6-12(11)9-26/h1-4,7,11-12,22,24H,5-6,8-9H2/t11-,12+. The lowest BCUT2D eigenvalue weighted by molar-refractivity contribution is -0.141. The highest BCUT2D eigenvalue weighted by atomic mass is 19.4. The molecule has 7 nitrogen and oxygen atoms in total. The molecule has 28 heavy (non-hydrogen) atoms. The summed E-state index contributed by atoms with van der Waals surface area (Å²) in [6.45, 7) is 3.36. The smallest absolute Gasteiger partial charge is 0.350 e. The van der Waals surface area contributed by atoms with Crippen molar-refractivity contribution in [3.05, 3.63) is 42.0 Å². The van der Waals surface area contributed by atoms with Crippen molar-refractivity contribution in [1.82, 2.24) is 30.0 Å². The molecule has 2 atom stereocenters. The molecule has 1 amide bonds. The van der Waals surface area contributed by atoms with E-state index in [-0.39, 0.29) is 11.7 Å². The van der Waals surface area contributed by atoms with Crippen molar-refractivity contribution in [1.29, 1.82) is 0 Å². The van der Waals surface area contributed by atoms with Gasteiger partial charge < -0.3 is 15.2 Å². The van der Waals surface area contributed by atoms with Gasteiger partial charge in [-0.05, 0) is 24.0 Å². The van der Waals surface area contributed by atoms with Crippen LogP contribution in [0.4, 0.5) is 13.2 Å². The fourth-order valence-corrected chi connectivity index (χ4v) is 4.05. The number of rotatable bonds is 2. The van der Waals surface area contributed by atoms with Gasteiger partial charge in [-0.15, -0.1) is 0 Å². The Morgan fingerprint density at radius 3 is 2.61 bits per heavy atom. The summed E-state index contributed by atoms with van der Waals surface area (Å²) in [5.74, 6) is 1.18. The first-order chi connectivity index (χ1) is 13.4. The zero-order valence-corrected chi connectivity index (χ0v) is 14.7. The maximum Gasteiger partial charge on any atom is 0.435 e. The molecule has 2 saturated heterocycles. The van der Waals surface area contributed by atoms with Crippen LogP contribution in [0.15, 0.2) is 30.6 Å². The van der Waals surface area contributed by atoms with Crippen molar-refractivity contribution in [2.24, 2.45) is 11.8 Å². The first-order valence-electron chi connectivity index (χ1n) is 9.00. The van der Waals surface area contributed by atoms with E-state index >= 15 is 0 Å². The average Bonchev–Trinajstić information content (AvgIpc) is 3.41. The van der Waals surface area contributed by atoms with Gasteiger partial charge in [0.15, 0.2) is 11.5 Å². The normalized spacial score (nSPS) is 22.2. The largest absolute Gasteiger partial charge is 0.435 e. The molecule has 0 aromatic carbocycles. The van der Waals surface area contributed by atoms with Crippen LogP contribution in [0.1, 0.15) is 16.2 Å². The molecule has 3 aromatic heterocycles. The van der Waals surface area contributed by atoms with Crippen LogP contribution in [0.5, 0.6) is 0 Å². The average molecular weight is 390 g/mol. The summed E-state index contributed by atoms with van der Waals surface area (Å²) >= 11 is 0. The molecule has 3 aromatic rings. The molecule has 10 heteroatoms. The summed E-state index contributed by atoms with van der Waals surface area (Å²) in [6, 6.07) is 4.21. The number of aromatic nitrogens is 4. The molecule has 0 saturated carbocycles. The van der Waals surface area contributed by atoms with E-state index in [1.54, 1.807) is 12.1 Å². The van der Waals surface area contributed by atoms with Gasteiger partial charge in [0.25, 0.3) is 5.91 Å². The molecule has 0 aliphatic carbocycles. The van der Waals surface area contributed by atoms with Crippen LogP contribution in [0.2, 0.25) is 0 Å². The number of carbonyl (C=O) groups is 1. The molecule has 0 spiro atoms. The molecule has 2 N–H and O–H groups in total. The third kappa shape index (κ3) is 2.84. The van der Waals surface area contributed by atoms with Crippen molar-refractivity contribution in [2.45, 2.75) is 6.18 Å². The fraction of sp³-hybridized carbons (Fsp3) is 0.389. The minimum Gasteiger partial charge on any atom is -0.350 e. The SMILES string of the molecule is O=C(c1cc2cnc(-n3ccc(C(F)(F)F)n3)cc2[nH]1)N1C[C@H]2CNC[C@H]2C1. The number of nitrogens with zero attached hydrogens (tertiary/aromatic N) is 4. The molecule has 5 rings (SSSR count). The number of fused-ring (bicyclic) bond motifs is 2. The van der Waals surface area contributed by atoms with E-state index in [2.05, 4.69) is 20.4 Å². The summed E-state index contributed by atoms with van der Waals surface area (Å²) in [4.78, 5) is 21.9. The number of hydrogen-bond acceptors (Lipinski definition) is 4.